The number of anilines is 1. The molecule has 1 atom stereocenters. The number of tetrazole rings is 1. The summed E-state index contributed by atoms with van der Waals surface area (Å²) in [7, 11) is 1.60. The summed E-state index contributed by atoms with van der Waals surface area (Å²) in [5, 5.41) is 14.7. The van der Waals surface area contributed by atoms with Crippen LogP contribution >= 0.6 is 15.9 Å². The molecule has 7 nitrogen and oxygen atoms in total. The van der Waals surface area contributed by atoms with Crippen molar-refractivity contribution in [2.45, 2.75) is 19.9 Å². The Morgan fingerprint density at radius 3 is 2.91 bits per heavy atom. The Bertz CT molecular complexity index is 783. The number of Topliss-reactive ketones (excluding diaryl/α,β-unsaturated/α-hetero) is 1. The fourth-order valence-corrected chi connectivity index (χ4v) is 3.05. The van der Waals surface area contributed by atoms with E-state index < -0.39 is 6.04 Å². The molecule has 0 bridgehead atoms. The van der Waals surface area contributed by atoms with Gasteiger partial charge in [-0.3, -0.25) is 4.79 Å². The van der Waals surface area contributed by atoms with Crippen LogP contribution in [0.5, 0.6) is 5.75 Å². The van der Waals surface area contributed by atoms with Crippen molar-refractivity contribution < 1.29 is 9.53 Å². The molecule has 2 heterocycles. The monoisotopic (exact) mass is 363 g/mol. The van der Waals surface area contributed by atoms with Gasteiger partial charge in [0, 0.05) is 21.3 Å². The van der Waals surface area contributed by atoms with Gasteiger partial charge in [0.05, 0.1) is 7.11 Å². The highest BCUT2D eigenvalue weighted by molar-refractivity contribution is 9.10. The minimum Gasteiger partial charge on any atom is -0.496 e. The van der Waals surface area contributed by atoms with Gasteiger partial charge in [-0.05, 0) is 42.5 Å². The zero-order valence-electron chi connectivity index (χ0n) is 12.3. The number of hydrogen-bond donors (Lipinski definition) is 1. The number of aromatic nitrogens is 4. The molecule has 1 aromatic heterocycles. The minimum atomic E-state index is -0.434. The van der Waals surface area contributed by atoms with E-state index in [1.54, 1.807) is 11.8 Å². The number of ether oxygens (including phenoxy) is 1. The van der Waals surface area contributed by atoms with Crippen molar-refractivity contribution in [1.82, 2.24) is 20.2 Å². The van der Waals surface area contributed by atoms with Crippen molar-refractivity contribution >= 4 is 27.7 Å². The smallest absolute Gasteiger partial charge is 0.248 e. The van der Waals surface area contributed by atoms with E-state index in [0.717, 1.165) is 15.7 Å². The highest BCUT2D eigenvalue weighted by atomic mass is 79.9. The summed E-state index contributed by atoms with van der Waals surface area (Å²) in [6.45, 7) is 3.37. The molecule has 1 N–H and O–H groups in total. The van der Waals surface area contributed by atoms with Crippen LogP contribution in [0, 0.1) is 0 Å². The van der Waals surface area contributed by atoms with Crippen LogP contribution in [0.4, 0.5) is 5.95 Å². The number of carbonyl (C=O) groups excluding carboxylic acids is 1. The number of halogens is 1. The van der Waals surface area contributed by atoms with E-state index in [9.17, 15) is 4.79 Å². The number of hydrogen-bond acceptors (Lipinski definition) is 6. The number of allylic oxidation sites excluding steroid dienone is 2. The molecule has 3 rings (SSSR count). The molecule has 0 saturated carbocycles. The van der Waals surface area contributed by atoms with E-state index in [1.165, 1.54) is 6.92 Å². The Kier molecular flexibility index (Phi) is 3.69. The molecule has 0 radical (unpaired) electrons. The van der Waals surface area contributed by atoms with E-state index in [1.807, 2.05) is 25.1 Å². The molecular weight excluding hydrogens is 350 g/mol. The molecule has 0 aliphatic carbocycles. The van der Waals surface area contributed by atoms with Crippen LogP contribution in [-0.2, 0) is 4.79 Å². The van der Waals surface area contributed by atoms with Crippen molar-refractivity contribution in [3.63, 3.8) is 0 Å². The lowest BCUT2D eigenvalue weighted by Crippen LogP contribution is -2.28. The van der Waals surface area contributed by atoms with E-state index in [2.05, 4.69) is 36.8 Å². The Morgan fingerprint density at radius 2 is 2.23 bits per heavy atom. The largest absolute Gasteiger partial charge is 0.496 e. The number of methoxy groups -OCH3 is 1. The van der Waals surface area contributed by atoms with Gasteiger partial charge in [0.2, 0.25) is 5.95 Å². The molecule has 1 aliphatic rings. The average molecular weight is 364 g/mol. The standard InChI is InChI=1S/C14H14BrN5O2/c1-7-12(8(2)21)13(20-14(16-7)17-18-19-20)10-6-9(15)4-5-11(10)22-3/h4-6,13H,1-3H3,(H,16,17,19). The Balaban J connectivity index is 2.27. The van der Waals surface area contributed by atoms with Gasteiger partial charge in [-0.25, -0.2) is 0 Å². The van der Waals surface area contributed by atoms with Gasteiger partial charge in [0.15, 0.2) is 5.78 Å². The molecule has 0 saturated heterocycles. The zero-order valence-corrected chi connectivity index (χ0v) is 13.9. The van der Waals surface area contributed by atoms with Gasteiger partial charge < -0.3 is 10.1 Å². The van der Waals surface area contributed by atoms with Crippen LogP contribution in [0.15, 0.2) is 33.9 Å². The highest BCUT2D eigenvalue weighted by Crippen LogP contribution is 2.39. The van der Waals surface area contributed by atoms with Gasteiger partial charge in [0.25, 0.3) is 0 Å². The zero-order chi connectivity index (χ0) is 15.9. The van der Waals surface area contributed by atoms with E-state index in [-0.39, 0.29) is 5.78 Å². The molecule has 8 heteroatoms. The third-order valence-corrected chi connectivity index (χ3v) is 4.07. The van der Waals surface area contributed by atoms with E-state index >= 15 is 0 Å². The fraction of sp³-hybridized carbons (Fsp3) is 0.286. The van der Waals surface area contributed by atoms with Crippen molar-refractivity contribution in [3.8, 4) is 5.75 Å². The molecular formula is C14H14BrN5O2. The van der Waals surface area contributed by atoms with Gasteiger partial charge in [-0.2, -0.15) is 4.68 Å². The van der Waals surface area contributed by atoms with Gasteiger partial charge >= 0.3 is 0 Å². The fourth-order valence-electron chi connectivity index (χ4n) is 2.67. The summed E-state index contributed by atoms with van der Waals surface area (Å²) in [4.78, 5) is 12.2. The summed E-state index contributed by atoms with van der Waals surface area (Å²) in [5.74, 6) is 1.12. The number of nitrogens with zero attached hydrogens (tertiary/aromatic N) is 4. The number of nitrogens with one attached hydrogen (secondary N) is 1. The molecule has 1 unspecified atom stereocenters. The molecule has 114 valence electrons. The first kappa shape index (κ1) is 14.7. The van der Waals surface area contributed by atoms with Crippen LogP contribution < -0.4 is 10.1 Å². The predicted octanol–water partition coefficient (Wildman–Crippen LogP) is 2.32. The number of rotatable bonds is 3. The SMILES string of the molecule is COc1ccc(Br)cc1C1C(C(C)=O)=C(C)Nc2nnnn21. The van der Waals surface area contributed by atoms with Crippen molar-refractivity contribution in [1.29, 1.82) is 0 Å². The lowest BCUT2D eigenvalue weighted by molar-refractivity contribution is -0.114. The first-order valence-electron chi connectivity index (χ1n) is 6.63. The maximum atomic E-state index is 12.2. The quantitative estimate of drug-likeness (QED) is 0.900. The predicted molar refractivity (Wildman–Crippen MR) is 83.7 cm³/mol. The van der Waals surface area contributed by atoms with Crippen molar-refractivity contribution in [2.75, 3.05) is 12.4 Å². The molecule has 0 spiro atoms. The minimum absolute atomic E-state index is 0.0434. The topological polar surface area (TPSA) is 81.9 Å². The number of ketones is 1. The Labute approximate surface area is 135 Å². The van der Waals surface area contributed by atoms with Crippen LogP contribution in [0.3, 0.4) is 0 Å². The first-order chi connectivity index (χ1) is 10.5. The van der Waals surface area contributed by atoms with E-state index in [0.29, 0.717) is 17.3 Å². The maximum absolute atomic E-state index is 12.2. The second kappa shape index (κ2) is 5.53. The van der Waals surface area contributed by atoms with Gasteiger partial charge in [-0.1, -0.05) is 21.0 Å². The summed E-state index contributed by atoms with van der Waals surface area (Å²) < 4.78 is 7.93. The normalized spacial score (nSPS) is 17.0. The number of benzene rings is 1. The molecule has 0 amide bonds. The van der Waals surface area contributed by atoms with Gasteiger partial charge in [-0.15, -0.1) is 0 Å². The number of carbonyl (C=O) groups is 1. The van der Waals surface area contributed by atoms with Crippen LogP contribution in [0.2, 0.25) is 0 Å². The maximum Gasteiger partial charge on any atom is 0.248 e. The van der Waals surface area contributed by atoms with Crippen LogP contribution in [0.1, 0.15) is 25.5 Å². The van der Waals surface area contributed by atoms with Crippen LogP contribution in [-0.4, -0.2) is 33.1 Å². The van der Waals surface area contributed by atoms with Crippen molar-refractivity contribution in [3.05, 3.63) is 39.5 Å². The van der Waals surface area contributed by atoms with Crippen LogP contribution in [0.25, 0.3) is 0 Å². The first-order valence-corrected chi connectivity index (χ1v) is 7.42. The average Bonchev–Trinajstić information content (AvgIpc) is 2.93. The Hall–Kier alpha value is -2.22. The Morgan fingerprint density at radius 1 is 1.45 bits per heavy atom. The highest BCUT2D eigenvalue weighted by Gasteiger charge is 2.34. The second-order valence-electron chi connectivity index (χ2n) is 4.96. The van der Waals surface area contributed by atoms with E-state index in [4.69, 9.17) is 4.74 Å². The molecule has 1 aliphatic heterocycles. The summed E-state index contributed by atoms with van der Waals surface area (Å²) in [5.41, 5.74) is 2.16. The van der Waals surface area contributed by atoms with Gasteiger partial charge in [0.1, 0.15) is 11.8 Å². The summed E-state index contributed by atoms with van der Waals surface area (Å²) >= 11 is 3.46. The molecule has 1 aromatic carbocycles. The second-order valence-corrected chi connectivity index (χ2v) is 5.87. The summed E-state index contributed by atoms with van der Waals surface area (Å²) in [6, 6.07) is 5.21. The molecule has 22 heavy (non-hydrogen) atoms. The third-order valence-electron chi connectivity index (χ3n) is 3.58. The molecule has 2 aromatic rings. The van der Waals surface area contributed by atoms with Crippen molar-refractivity contribution in [2.24, 2.45) is 0 Å². The summed E-state index contributed by atoms with van der Waals surface area (Å²) in [6.07, 6.45) is 0. The third kappa shape index (κ3) is 2.29. The molecule has 0 fully saturated rings. The lowest BCUT2D eigenvalue weighted by atomic mass is 9.92. The lowest BCUT2D eigenvalue weighted by Gasteiger charge is -2.28. The number of fused-ring (bicyclic) bond motifs is 1.